The van der Waals surface area contributed by atoms with E-state index in [1.54, 1.807) is 6.07 Å². The second-order valence-electron chi connectivity index (χ2n) is 8.65. The Hall–Kier alpha value is -3.55. The molecular weight excluding hydrogens is 402 g/mol. The zero-order valence-electron chi connectivity index (χ0n) is 17.0. The number of para-hydroxylation sites is 2. The van der Waals surface area contributed by atoms with E-state index in [2.05, 4.69) is 20.6 Å². The molecule has 0 saturated heterocycles. The Bertz CT molecular complexity index is 1210. The lowest BCUT2D eigenvalue weighted by molar-refractivity contribution is -0.522. The molecule has 0 saturated carbocycles. The molecular formula is C23H21F2N4O2+. The summed E-state index contributed by atoms with van der Waals surface area (Å²) in [5.41, 5.74) is 1.99. The topological polar surface area (TPSA) is 81.1 Å². The van der Waals surface area contributed by atoms with Crippen molar-refractivity contribution in [1.82, 2.24) is 10.3 Å². The second-order valence-corrected chi connectivity index (χ2v) is 8.65. The van der Waals surface area contributed by atoms with Gasteiger partial charge in [-0.25, -0.2) is 14.1 Å². The lowest BCUT2D eigenvalue weighted by atomic mass is 9.72. The number of hydrogen-bond acceptors (Lipinski definition) is 5. The maximum atomic E-state index is 14.0. The summed E-state index contributed by atoms with van der Waals surface area (Å²) >= 11 is 0. The van der Waals surface area contributed by atoms with Crippen LogP contribution >= 0.6 is 0 Å². The number of guanidine groups is 1. The van der Waals surface area contributed by atoms with Gasteiger partial charge in [-0.05, 0) is 41.3 Å². The normalized spacial score (nSPS) is 22.4. The fourth-order valence-corrected chi connectivity index (χ4v) is 4.32. The number of nitrogens with one attached hydrogen (secondary N) is 3. The van der Waals surface area contributed by atoms with Crippen LogP contribution in [0.1, 0.15) is 31.9 Å². The molecule has 0 radical (unpaired) electrons. The molecule has 6 nitrogen and oxygen atoms in total. The molecule has 3 aromatic rings. The van der Waals surface area contributed by atoms with E-state index in [4.69, 9.17) is 4.42 Å². The van der Waals surface area contributed by atoms with Crippen LogP contribution in [-0.2, 0) is 4.79 Å². The van der Waals surface area contributed by atoms with Crippen molar-refractivity contribution in [3.8, 4) is 0 Å². The molecule has 5 rings (SSSR count). The fourth-order valence-electron chi connectivity index (χ4n) is 4.32. The van der Waals surface area contributed by atoms with E-state index in [1.165, 1.54) is 12.1 Å². The van der Waals surface area contributed by atoms with Crippen molar-refractivity contribution in [2.75, 3.05) is 5.32 Å². The van der Waals surface area contributed by atoms with Crippen molar-refractivity contribution in [2.24, 2.45) is 11.3 Å². The van der Waals surface area contributed by atoms with Gasteiger partial charge in [-0.3, -0.25) is 9.79 Å². The number of ketones is 1. The maximum absolute atomic E-state index is 14.0. The molecule has 2 heterocycles. The number of allylic oxidation sites excluding steroid dienone is 1. The molecule has 0 spiro atoms. The highest BCUT2D eigenvalue weighted by atomic mass is 19.1. The summed E-state index contributed by atoms with van der Waals surface area (Å²) in [7, 11) is 0. The summed E-state index contributed by atoms with van der Waals surface area (Å²) in [6, 6.07) is 10.2. The van der Waals surface area contributed by atoms with Gasteiger partial charge in [-0.2, -0.15) is 10.3 Å². The standard InChI is InChI=1S/C23H20F2N4O2/c1-23(2)10-16-19(17(30)11-23)20(12-7-13(24)9-14(25)8-12)28-21(26-16)29-22-27-15-5-3-4-6-18(15)31-22/h3-10,19-20H,11H2,1-2H3,(H2,26,27,28,29)/p+1/t19-,20-/m1/s1. The third-order valence-electron chi connectivity index (χ3n) is 5.53. The SMILES string of the molecule is CC1(C)C=C2NC(Nc3nc4ccccc4o3)=[NH+][C@H](c3cc(F)cc(F)c3)[C@H]2C(=O)C1. The van der Waals surface area contributed by atoms with Gasteiger partial charge in [0.2, 0.25) is 0 Å². The molecule has 2 aliphatic rings. The van der Waals surface area contributed by atoms with Gasteiger partial charge in [0.1, 0.15) is 34.9 Å². The number of fused-ring (bicyclic) bond motifs is 2. The van der Waals surface area contributed by atoms with E-state index in [1.807, 2.05) is 38.1 Å². The third kappa shape index (κ3) is 3.69. The monoisotopic (exact) mass is 423 g/mol. The molecule has 0 amide bonds. The van der Waals surface area contributed by atoms with E-state index in [9.17, 15) is 13.6 Å². The van der Waals surface area contributed by atoms with E-state index in [-0.39, 0.29) is 17.2 Å². The Kier molecular flexibility index (Phi) is 4.39. The van der Waals surface area contributed by atoms with Crippen LogP contribution in [0.2, 0.25) is 0 Å². The average molecular weight is 423 g/mol. The molecule has 2 aromatic carbocycles. The van der Waals surface area contributed by atoms with Crippen molar-refractivity contribution in [2.45, 2.75) is 26.3 Å². The highest BCUT2D eigenvalue weighted by molar-refractivity contribution is 5.94. The molecule has 1 aliphatic heterocycles. The fraction of sp³-hybridized carbons (Fsp3) is 0.261. The molecule has 1 aliphatic carbocycles. The number of Topliss-reactive ketones (excluding diaryl/α,β-unsaturated/α-hetero) is 1. The van der Waals surface area contributed by atoms with Crippen LogP contribution in [0.15, 0.2) is 58.7 Å². The Morgan fingerprint density at radius 1 is 1.19 bits per heavy atom. The summed E-state index contributed by atoms with van der Waals surface area (Å²) < 4.78 is 33.6. The van der Waals surface area contributed by atoms with Gasteiger partial charge in [0.15, 0.2) is 5.58 Å². The second kappa shape index (κ2) is 7.01. The van der Waals surface area contributed by atoms with Crippen LogP contribution in [0.4, 0.5) is 14.8 Å². The molecule has 1 aromatic heterocycles. The minimum absolute atomic E-state index is 0.00178. The molecule has 31 heavy (non-hydrogen) atoms. The Balaban J connectivity index is 1.58. The van der Waals surface area contributed by atoms with Gasteiger partial charge in [-0.15, -0.1) is 0 Å². The van der Waals surface area contributed by atoms with Gasteiger partial charge in [-0.1, -0.05) is 26.0 Å². The van der Waals surface area contributed by atoms with E-state index < -0.39 is 23.6 Å². The zero-order valence-corrected chi connectivity index (χ0v) is 17.0. The van der Waals surface area contributed by atoms with Gasteiger partial charge >= 0.3 is 12.0 Å². The van der Waals surface area contributed by atoms with Crippen LogP contribution in [-0.4, -0.2) is 16.7 Å². The Morgan fingerprint density at radius 2 is 1.94 bits per heavy atom. The predicted molar refractivity (Wildman–Crippen MR) is 111 cm³/mol. The van der Waals surface area contributed by atoms with Crippen molar-refractivity contribution < 1.29 is 23.0 Å². The number of benzene rings is 2. The average Bonchev–Trinajstić information content (AvgIpc) is 3.07. The zero-order chi connectivity index (χ0) is 21.8. The number of aromatic nitrogens is 1. The van der Waals surface area contributed by atoms with Gasteiger partial charge < -0.3 is 4.42 Å². The molecule has 158 valence electrons. The Morgan fingerprint density at radius 3 is 2.68 bits per heavy atom. The number of oxazole rings is 1. The molecule has 8 heteroatoms. The van der Waals surface area contributed by atoms with Crippen LogP contribution in [0.25, 0.3) is 11.1 Å². The minimum Gasteiger partial charge on any atom is -0.412 e. The van der Waals surface area contributed by atoms with Crippen molar-refractivity contribution in [3.05, 3.63) is 71.4 Å². The van der Waals surface area contributed by atoms with E-state index in [0.29, 0.717) is 34.7 Å². The Labute approximate surface area is 177 Å². The van der Waals surface area contributed by atoms with Crippen LogP contribution in [0.5, 0.6) is 0 Å². The minimum atomic E-state index is -0.696. The third-order valence-corrected chi connectivity index (χ3v) is 5.53. The smallest absolute Gasteiger partial charge is 0.365 e. The first kappa shape index (κ1) is 19.4. The highest BCUT2D eigenvalue weighted by Crippen LogP contribution is 2.38. The maximum Gasteiger partial charge on any atom is 0.365 e. The van der Waals surface area contributed by atoms with E-state index >= 15 is 0 Å². The molecule has 2 atom stereocenters. The number of anilines is 1. The van der Waals surface area contributed by atoms with Crippen LogP contribution < -0.4 is 15.6 Å². The van der Waals surface area contributed by atoms with Crippen molar-refractivity contribution >= 4 is 28.9 Å². The van der Waals surface area contributed by atoms with Crippen molar-refractivity contribution in [1.29, 1.82) is 0 Å². The number of halogens is 2. The largest absolute Gasteiger partial charge is 0.412 e. The number of carbonyl (C=O) groups is 1. The summed E-state index contributed by atoms with van der Waals surface area (Å²) in [6.45, 7) is 3.95. The summed E-state index contributed by atoms with van der Waals surface area (Å²) in [4.78, 5) is 20.6. The first-order valence-electron chi connectivity index (χ1n) is 10.0. The number of carbonyl (C=O) groups excluding carboxylic acids is 1. The summed E-state index contributed by atoms with van der Waals surface area (Å²) in [5, 5.41) is 6.26. The predicted octanol–water partition coefficient (Wildman–Crippen LogP) is 2.80. The lowest BCUT2D eigenvalue weighted by Crippen LogP contribution is -2.84. The first-order chi connectivity index (χ1) is 14.8. The van der Waals surface area contributed by atoms with Crippen molar-refractivity contribution in [3.63, 3.8) is 0 Å². The van der Waals surface area contributed by atoms with E-state index in [0.717, 1.165) is 6.07 Å². The van der Waals surface area contributed by atoms with Crippen LogP contribution in [0.3, 0.4) is 0 Å². The lowest BCUT2D eigenvalue weighted by Gasteiger charge is -2.36. The van der Waals surface area contributed by atoms with Crippen LogP contribution in [0, 0.1) is 23.0 Å². The molecule has 0 bridgehead atoms. The quantitative estimate of drug-likeness (QED) is 0.591. The van der Waals surface area contributed by atoms with Gasteiger partial charge in [0, 0.05) is 12.5 Å². The number of rotatable bonds is 2. The summed E-state index contributed by atoms with van der Waals surface area (Å²) in [6.07, 6.45) is 2.34. The summed E-state index contributed by atoms with van der Waals surface area (Å²) in [5.74, 6) is -1.58. The first-order valence-corrected chi connectivity index (χ1v) is 10.0. The number of hydrogen-bond donors (Lipinski definition) is 3. The molecule has 0 unspecified atom stereocenters. The van der Waals surface area contributed by atoms with Gasteiger partial charge in [0.05, 0.1) is 5.70 Å². The van der Waals surface area contributed by atoms with Gasteiger partial charge in [0.25, 0.3) is 0 Å². The highest BCUT2D eigenvalue weighted by Gasteiger charge is 2.45. The number of nitrogens with zero attached hydrogens (tertiary/aromatic N) is 1. The molecule has 3 N–H and O–H groups in total. The molecule has 0 fully saturated rings.